The highest BCUT2D eigenvalue weighted by atomic mass is 16.6. The molecule has 1 aliphatic rings. The van der Waals surface area contributed by atoms with Crippen molar-refractivity contribution in [2.45, 2.75) is 25.8 Å². The van der Waals surface area contributed by atoms with Crippen molar-refractivity contribution in [3.63, 3.8) is 0 Å². The lowest BCUT2D eigenvalue weighted by atomic mass is 9.95. The number of benzene rings is 2. The highest BCUT2D eigenvalue weighted by Gasteiger charge is 2.25. The number of likely N-dealkylation sites (tertiary alicyclic amines) is 1. The van der Waals surface area contributed by atoms with E-state index in [9.17, 15) is 14.9 Å². The van der Waals surface area contributed by atoms with Crippen molar-refractivity contribution in [2.75, 3.05) is 25.4 Å². The van der Waals surface area contributed by atoms with Gasteiger partial charge in [-0.1, -0.05) is 37.3 Å². The van der Waals surface area contributed by atoms with Crippen LogP contribution >= 0.6 is 0 Å². The molecule has 0 aliphatic carbocycles. The molecule has 1 unspecified atom stereocenters. The van der Waals surface area contributed by atoms with Gasteiger partial charge >= 0.3 is 0 Å². The fourth-order valence-corrected chi connectivity index (χ4v) is 3.61. The lowest BCUT2D eigenvalue weighted by Crippen LogP contribution is -2.42. The number of nitro groups is 1. The van der Waals surface area contributed by atoms with Crippen molar-refractivity contribution >= 4 is 17.3 Å². The minimum atomic E-state index is -0.576. The highest BCUT2D eigenvalue weighted by Crippen LogP contribution is 2.27. The van der Waals surface area contributed by atoms with Crippen LogP contribution < -0.4 is 11.1 Å². The summed E-state index contributed by atoms with van der Waals surface area (Å²) in [4.78, 5) is 25.5. The van der Waals surface area contributed by atoms with Crippen LogP contribution in [0.5, 0.6) is 0 Å². The Hall–Kier alpha value is -2.93. The lowest BCUT2D eigenvalue weighted by molar-refractivity contribution is -0.383. The van der Waals surface area contributed by atoms with E-state index in [4.69, 9.17) is 5.73 Å². The minimum Gasteiger partial charge on any atom is -0.393 e. The average Bonchev–Trinajstić information content (AvgIpc) is 2.70. The van der Waals surface area contributed by atoms with Gasteiger partial charge in [0.15, 0.2) is 0 Å². The standard InChI is InChI=1S/C21H26N4O3/c1-15-9-11-24(12-10-15)20(16-5-3-2-4-6-16)14-23-21(26)17-7-8-18(22)19(13-17)25(27)28/h2-8,13,15,20H,9-12,14,22H2,1H3,(H,23,26). The molecular weight excluding hydrogens is 356 g/mol. The zero-order valence-corrected chi connectivity index (χ0v) is 16.0. The molecule has 2 aromatic carbocycles. The Balaban J connectivity index is 1.74. The molecule has 0 bridgehead atoms. The number of nitrogens with two attached hydrogens (primary N) is 1. The lowest BCUT2D eigenvalue weighted by Gasteiger charge is -2.37. The molecule has 3 N–H and O–H groups in total. The maximum atomic E-state index is 12.6. The van der Waals surface area contributed by atoms with Gasteiger partial charge in [0.25, 0.3) is 11.6 Å². The Bertz CT molecular complexity index is 833. The number of hydrogen-bond donors (Lipinski definition) is 2. The molecule has 1 fully saturated rings. The number of nitrogen functional groups attached to an aromatic ring is 1. The average molecular weight is 382 g/mol. The van der Waals surface area contributed by atoms with Gasteiger partial charge in [-0.25, -0.2) is 0 Å². The van der Waals surface area contributed by atoms with Crippen LogP contribution in [-0.4, -0.2) is 35.4 Å². The van der Waals surface area contributed by atoms with Gasteiger partial charge in [0.1, 0.15) is 5.69 Å². The fourth-order valence-electron chi connectivity index (χ4n) is 3.61. The summed E-state index contributed by atoms with van der Waals surface area (Å²) < 4.78 is 0. The quantitative estimate of drug-likeness (QED) is 0.453. The summed E-state index contributed by atoms with van der Waals surface area (Å²) in [5.41, 5.74) is 6.80. The Labute approximate surface area is 164 Å². The molecule has 1 amide bonds. The number of nitrogens with zero attached hydrogens (tertiary/aromatic N) is 2. The van der Waals surface area contributed by atoms with E-state index in [0.29, 0.717) is 6.54 Å². The minimum absolute atomic E-state index is 0.0474. The number of anilines is 1. The monoisotopic (exact) mass is 382 g/mol. The molecule has 7 heteroatoms. The van der Waals surface area contributed by atoms with Gasteiger partial charge < -0.3 is 11.1 Å². The first-order chi connectivity index (χ1) is 13.5. The van der Waals surface area contributed by atoms with Crippen LogP contribution in [0.25, 0.3) is 0 Å². The number of hydrogen-bond acceptors (Lipinski definition) is 5. The third-order valence-electron chi connectivity index (χ3n) is 5.39. The van der Waals surface area contributed by atoms with Crippen molar-refractivity contribution in [3.05, 3.63) is 69.8 Å². The molecule has 0 radical (unpaired) electrons. The normalized spacial score (nSPS) is 16.5. The Morgan fingerprint density at radius 1 is 1.25 bits per heavy atom. The summed E-state index contributed by atoms with van der Waals surface area (Å²) in [5.74, 6) is 0.381. The second-order valence-corrected chi connectivity index (χ2v) is 7.39. The maximum absolute atomic E-state index is 12.6. The topological polar surface area (TPSA) is 102 Å². The number of piperidine rings is 1. The van der Waals surface area contributed by atoms with Gasteiger partial charge in [-0.3, -0.25) is 19.8 Å². The summed E-state index contributed by atoms with van der Waals surface area (Å²) in [7, 11) is 0. The molecular formula is C21H26N4O3. The number of rotatable bonds is 6. The van der Waals surface area contributed by atoms with Gasteiger partial charge in [0, 0.05) is 18.2 Å². The van der Waals surface area contributed by atoms with Gasteiger partial charge in [-0.2, -0.15) is 0 Å². The molecule has 148 valence electrons. The predicted octanol–water partition coefficient (Wildman–Crippen LogP) is 3.38. The maximum Gasteiger partial charge on any atom is 0.292 e. The van der Waals surface area contributed by atoms with Gasteiger partial charge in [-0.05, 0) is 49.5 Å². The summed E-state index contributed by atoms with van der Waals surface area (Å²) in [5, 5.41) is 14.0. The molecule has 0 aromatic heterocycles. The molecule has 2 aromatic rings. The first-order valence-electron chi connectivity index (χ1n) is 9.57. The number of carbonyl (C=O) groups excluding carboxylic acids is 1. The van der Waals surface area contributed by atoms with Gasteiger partial charge in [0.2, 0.25) is 0 Å². The zero-order chi connectivity index (χ0) is 20.1. The summed E-state index contributed by atoms with van der Waals surface area (Å²) in [6, 6.07) is 14.3. The summed E-state index contributed by atoms with van der Waals surface area (Å²) >= 11 is 0. The Kier molecular flexibility index (Phi) is 6.26. The van der Waals surface area contributed by atoms with Crippen LogP contribution in [0.4, 0.5) is 11.4 Å². The van der Waals surface area contributed by atoms with E-state index in [2.05, 4.69) is 29.3 Å². The second kappa shape index (κ2) is 8.84. The third-order valence-corrected chi connectivity index (χ3v) is 5.39. The molecule has 28 heavy (non-hydrogen) atoms. The number of nitro benzene ring substituents is 1. The largest absolute Gasteiger partial charge is 0.393 e. The third kappa shape index (κ3) is 4.67. The van der Waals surface area contributed by atoms with E-state index >= 15 is 0 Å². The second-order valence-electron chi connectivity index (χ2n) is 7.39. The van der Waals surface area contributed by atoms with Crippen molar-refractivity contribution in [1.29, 1.82) is 0 Å². The summed E-state index contributed by atoms with van der Waals surface area (Å²) in [6.45, 7) is 4.69. The zero-order valence-electron chi connectivity index (χ0n) is 16.0. The van der Waals surface area contributed by atoms with E-state index < -0.39 is 4.92 Å². The van der Waals surface area contributed by atoms with Crippen molar-refractivity contribution < 1.29 is 9.72 Å². The van der Waals surface area contributed by atoms with Gasteiger partial charge in [-0.15, -0.1) is 0 Å². The van der Waals surface area contributed by atoms with Crippen LogP contribution in [0, 0.1) is 16.0 Å². The van der Waals surface area contributed by atoms with Crippen LogP contribution in [0.15, 0.2) is 48.5 Å². The Morgan fingerprint density at radius 3 is 2.57 bits per heavy atom. The van der Waals surface area contributed by atoms with E-state index in [1.54, 1.807) is 0 Å². The summed E-state index contributed by atoms with van der Waals surface area (Å²) in [6.07, 6.45) is 2.28. The van der Waals surface area contributed by atoms with Crippen molar-refractivity contribution in [3.8, 4) is 0 Å². The van der Waals surface area contributed by atoms with Crippen LogP contribution in [0.1, 0.15) is 41.7 Å². The molecule has 1 heterocycles. The van der Waals surface area contributed by atoms with E-state index in [0.717, 1.165) is 37.4 Å². The van der Waals surface area contributed by atoms with Gasteiger partial charge in [0.05, 0.1) is 11.0 Å². The van der Waals surface area contributed by atoms with Crippen LogP contribution in [-0.2, 0) is 0 Å². The SMILES string of the molecule is CC1CCN(C(CNC(=O)c2ccc(N)c([N+](=O)[O-])c2)c2ccccc2)CC1. The van der Waals surface area contributed by atoms with E-state index in [1.807, 2.05) is 18.2 Å². The first kappa shape index (κ1) is 19.8. The molecule has 7 nitrogen and oxygen atoms in total. The number of nitrogens with one attached hydrogen (secondary N) is 1. The molecule has 3 rings (SSSR count). The highest BCUT2D eigenvalue weighted by molar-refractivity contribution is 5.95. The van der Waals surface area contributed by atoms with E-state index in [1.165, 1.54) is 18.2 Å². The van der Waals surface area contributed by atoms with E-state index in [-0.39, 0.29) is 28.9 Å². The molecule has 0 saturated carbocycles. The van der Waals surface area contributed by atoms with Crippen molar-refractivity contribution in [2.24, 2.45) is 5.92 Å². The molecule has 0 spiro atoms. The van der Waals surface area contributed by atoms with Crippen LogP contribution in [0.3, 0.4) is 0 Å². The van der Waals surface area contributed by atoms with Crippen LogP contribution in [0.2, 0.25) is 0 Å². The molecule has 1 atom stereocenters. The smallest absolute Gasteiger partial charge is 0.292 e. The number of amides is 1. The number of carbonyl (C=O) groups is 1. The molecule has 1 saturated heterocycles. The first-order valence-corrected chi connectivity index (χ1v) is 9.57. The van der Waals surface area contributed by atoms with Crippen molar-refractivity contribution in [1.82, 2.24) is 10.2 Å². The Morgan fingerprint density at radius 2 is 1.93 bits per heavy atom. The fraction of sp³-hybridized carbons (Fsp3) is 0.381. The predicted molar refractivity (Wildman–Crippen MR) is 109 cm³/mol. The molecule has 1 aliphatic heterocycles.